The molecular weight excluding hydrogens is 494 g/mol. The molecule has 0 atom stereocenters. The molecule has 0 aliphatic heterocycles. The van der Waals surface area contributed by atoms with E-state index in [0.717, 1.165) is 17.1 Å². The average Bonchev–Trinajstić information content (AvgIpc) is 3.05. The number of hydrogen-bond acceptors (Lipinski definition) is 1. The lowest BCUT2D eigenvalue weighted by molar-refractivity contribution is 1.29. The van der Waals surface area contributed by atoms with Gasteiger partial charge >= 0.3 is 0 Å². The van der Waals surface area contributed by atoms with Crippen LogP contribution in [0.1, 0.15) is 0 Å². The summed E-state index contributed by atoms with van der Waals surface area (Å²) in [6.45, 7) is 0. The van der Waals surface area contributed by atoms with E-state index in [9.17, 15) is 0 Å². The van der Waals surface area contributed by atoms with Gasteiger partial charge in [-0.2, -0.15) is 0 Å². The Bertz CT molecular complexity index is 2190. The van der Waals surface area contributed by atoms with E-state index in [2.05, 4.69) is 169 Å². The summed E-state index contributed by atoms with van der Waals surface area (Å²) < 4.78 is 0. The number of para-hydroxylation sites is 1. The van der Waals surface area contributed by atoms with Crippen molar-refractivity contribution in [2.45, 2.75) is 0 Å². The van der Waals surface area contributed by atoms with Crippen molar-refractivity contribution >= 4 is 60.2 Å². The molecule has 0 aromatic heterocycles. The molecule has 0 saturated carbocycles. The summed E-state index contributed by atoms with van der Waals surface area (Å²) in [4.78, 5) is 2.35. The first-order chi connectivity index (χ1) is 20.3. The van der Waals surface area contributed by atoms with Crippen molar-refractivity contribution in [2.24, 2.45) is 0 Å². The molecule has 0 fully saturated rings. The molecule has 0 aliphatic carbocycles. The number of benzene rings is 8. The maximum Gasteiger partial charge on any atom is 0.0468 e. The molecule has 192 valence electrons. The maximum atomic E-state index is 2.36. The Balaban J connectivity index is 1.28. The van der Waals surface area contributed by atoms with E-state index >= 15 is 0 Å². The normalized spacial score (nSPS) is 11.4. The molecule has 1 nitrogen and oxygen atoms in total. The molecule has 0 N–H and O–H groups in total. The van der Waals surface area contributed by atoms with Gasteiger partial charge in [0.2, 0.25) is 0 Å². The van der Waals surface area contributed by atoms with Gasteiger partial charge in [-0.3, -0.25) is 0 Å². The third-order valence-electron chi connectivity index (χ3n) is 8.19. The van der Waals surface area contributed by atoms with Gasteiger partial charge in [-0.15, -0.1) is 0 Å². The first kappa shape index (κ1) is 23.5. The van der Waals surface area contributed by atoms with Gasteiger partial charge in [0, 0.05) is 17.1 Å². The number of fused-ring (bicyclic) bond motifs is 6. The monoisotopic (exact) mass is 521 g/mol. The molecule has 8 aromatic rings. The van der Waals surface area contributed by atoms with E-state index in [0.29, 0.717) is 0 Å². The molecule has 0 amide bonds. The molecule has 0 heterocycles. The Morgan fingerprint density at radius 3 is 1.63 bits per heavy atom. The van der Waals surface area contributed by atoms with Crippen LogP contribution in [0.15, 0.2) is 164 Å². The highest BCUT2D eigenvalue weighted by Crippen LogP contribution is 2.39. The largest absolute Gasteiger partial charge is 0.310 e. The number of rotatable bonds is 4. The fourth-order valence-corrected chi connectivity index (χ4v) is 6.15. The fourth-order valence-electron chi connectivity index (χ4n) is 6.15. The zero-order valence-electron chi connectivity index (χ0n) is 22.5. The van der Waals surface area contributed by atoms with Crippen LogP contribution in [-0.2, 0) is 0 Å². The van der Waals surface area contributed by atoms with E-state index in [1.165, 1.54) is 54.2 Å². The predicted molar refractivity (Wildman–Crippen MR) is 177 cm³/mol. The molecule has 8 aromatic carbocycles. The third kappa shape index (κ3) is 4.11. The summed E-state index contributed by atoms with van der Waals surface area (Å²) in [5.41, 5.74) is 5.84. The van der Waals surface area contributed by atoms with Gasteiger partial charge in [0.25, 0.3) is 0 Å². The van der Waals surface area contributed by atoms with Crippen LogP contribution in [-0.4, -0.2) is 0 Å². The van der Waals surface area contributed by atoms with Crippen LogP contribution in [0.5, 0.6) is 0 Å². The molecular formula is C40H27N. The lowest BCUT2D eigenvalue weighted by Gasteiger charge is -2.26. The Labute approximate surface area is 239 Å². The van der Waals surface area contributed by atoms with E-state index < -0.39 is 0 Å². The van der Waals surface area contributed by atoms with Crippen LogP contribution >= 0.6 is 0 Å². The maximum absolute atomic E-state index is 2.36. The molecule has 0 spiro atoms. The van der Waals surface area contributed by atoms with Crippen LogP contribution in [0, 0.1) is 0 Å². The molecule has 0 unspecified atom stereocenters. The van der Waals surface area contributed by atoms with Crippen molar-refractivity contribution in [1.82, 2.24) is 0 Å². The highest BCUT2D eigenvalue weighted by atomic mass is 15.1. The van der Waals surface area contributed by atoms with Crippen molar-refractivity contribution in [3.63, 3.8) is 0 Å². The van der Waals surface area contributed by atoms with Crippen LogP contribution in [0.3, 0.4) is 0 Å². The van der Waals surface area contributed by atoms with Crippen LogP contribution in [0.2, 0.25) is 0 Å². The van der Waals surface area contributed by atoms with Gasteiger partial charge in [-0.05, 0) is 96.7 Å². The van der Waals surface area contributed by atoms with Gasteiger partial charge in [0.15, 0.2) is 0 Å². The Hall–Kier alpha value is -5.40. The van der Waals surface area contributed by atoms with E-state index in [4.69, 9.17) is 0 Å². The quantitative estimate of drug-likeness (QED) is 0.208. The molecule has 8 rings (SSSR count). The Morgan fingerprint density at radius 2 is 0.829 bits per heavy atom. The van der Waals surface area contributed by atoms with E-state index in [1.807, 2.05) is 0 Å². The van der Waals surface area contributed by atoms with Crippen molar-refractivity contribution in [3.05, 3.63) is 164 Å². The third-order valence-corrected chi connectivity index (χ3v) is 8.19. The number of hydrogen-bond donors (Lipinski definition) is 0. The highest BCUT2D eigenvalue weighted by Gasteiger charge is 2.15. The van der Waals surface area contributed by atoms with Gasteiger partial charge in [-0.25, -0.2) is 0 Å². The molecule has 1 heteroatoms. The summed E-state index contributed by atoms with van der Waals surface area (Å²) in [6, 6.07) is 59.3. The number of nitrogens with zero attached hydrogens (tertiary/aromatic N) is 1. The van der Waals surface area contributed by atoms with Crippen molar-refractivity contribution in [1.29, 1.82) is 0 Å². The Kier molecular flexibility index (Phi) is 5.53. The lowest BCUT2D eigenvalue weighted by atomic mass is 9.96. The SMILES string of the molecule is c1ccc(N(c2ccc(-c3ccc4ccccc4c3)cc2)c2ccc3ccc4ccc5ccccc5c4c3c2)cc1. The summed E-state index contributed by atoms with van der Waals surface area (Å²) in [7, 11) is 0. The summed E-state index contributed by atoms with van der Waals surface area (Å²) in [5, 5.41) is 10.2. The van der Waals surface area contributed by atoms with Crippen molar-refractivity contribution in [3.8, 4) is 11.1 Å². The standard InChI is InChI=1S/C40H27N/c1-2-11-35(12-3-1)41(36-23-20-29(21-24-36)34-19-14-28-8-4-5-10-33(28)26-34)37-25-22-31-16-18-32-17-15-30-9-6-7-13-38(30)40(32)39(31)27-37/h1-27H. The summed E-state index contributed by atoms with van der Waals surface area (Å²) in [5.74, 6) is 0. The minimum atomic E-state index is 1.13. The van der Waals surface area contributed by atoms with Gasteiger partial charge in [0.1, 0.15) is 0 Å². The molecule has 41 heavy (non-hydrogen) atoms. The van der Waals surface area contributed by atoms with Gasteiger partial charge < -0.3 is 4.90 Å². The van der Waals surface area contributed by atoms with E-state index in [-0.39, 0.29) is 0 Å². The second-order valence-electron chi connectivity index (χ2n) is 10.6. The fraction of sp³-hybridized carbons (Fsp3) is 0. The first-order valence-electron chi connectivity index (χ1n) is 14.1. The Morgan fingerprint density at radius 1 is 0.293 bits per heavy atom. The van der Waals surface area contributed by atoms with Crippen LogP contribution < -0.4 is 4.90 Å². The molecule has 0 bridgehead atoms. The minimum absolute atomic E-state index is 1.13. The molecule has 0 saturated heterocycles. The van der Waals surface area contributed by atoms with Crippen molar-refractivity contribution in [2.75, 3.05) is 4.90 Å². The smallest absolute Gasteiger partial charge is 0.0468 e. The highest BCUT2D eigenvalue weighted by molar-refractivity contribution is 6.20. The van der Waals surface area contributed by atoms with Crippen LogP contribution in [0.25, 0.3) is 54.2 Å². The minimum Gasteiger partial charge on any atom is -0.310 e. The van der Waals surface area contributed by atoms with Crippen molar-refractivity contribution < 1.29 is 0 Å². The average molecular weight is 522 g/mol. The second kappa shape index (κ2) is 9.66. The predicted octanol–water partition coefficient (Wildman–Crippen LogP) is 11.4. The summed E-state index contributed by atoms with van der Waals surface area (Å²) >= 11 is 0. The zero-order chi connectivity index (χ0) is 27.2. The molecule has 0 aliphatic rings. The number of anilines is 3. The van der Waals surface area contributed by atoms with Gasteiger partial charge in [-0.1, -0.05) is 121 Å². The van der Waals surface area contributed by atoms with E-state index in [1.54, 1.807) is 0 Å². The topological polar surface area (TPSA) is 3.24 Å². The lowest BCUT2D eigenvalue weighted by Crippen LogP contribution is -2.09. The molecule has 0 radical (unpaired) electrons. The second-order valence-corrected chi connectivity index (χ2v) is 10.6. The van der Waals surface area contributed by atoms with Gasteiger partial charge in [0.05, 0.1) is 0 Å². The zero-order valence-corrected chi connectivity index (χ0v) is 22.5. The first-order valence-corrected chi connectivity index (χ1v) is 14.1. The van der Waals surface area contributed by atoms with Crippen LogP contribution in [0.4, 0.5) is 17.1 Å². The summed E-state index contributed by atoms with van der Waals surface area (Å²) in [6.07, 6.45) is 0.